The predicted molar refractivity (Wildman–Crippen MR) is 121 cm³/mol. The van der Waals surface area contributed by atoms with Gasteiger partial charge in [-0.3, -0.25) is 9.59 Å². The molecular weight excluding hydrogens is 414 g/mol. The van der Waals surface area contributed by atoms with Crippen LogP contribution in [0, 0.1) is 11.8 Å². The Morgan fingerprint density at radius 1 is 1.19 bits per heavy atom. The van der Waals surface area contributed by atoms with Crippen molar-refractivity contribution in [2.24, 2.45) is 11.8 Å². The molecule has 0 radical (unpaired) electrons. The van der Waals surface area contributed by atoms with Crippen LogP contribution in [0.2, 0.25) is 0 Å². The van der Waals surface area contributed by atoms with Crippen molar-refractivity contribution in [1.82, 2.24) is 10.0 Å². The maximum absolute atomic E-state index is 13.1. The standard InChI is InChI=1S/C23H35N3O4S/c1-5-21(27)26-13-12-17-14-18(10-11-20(17)26)31(29,30)25-22(15(2)3)23(28)24-19-9-7-6-8-16(19)4/h10-11,14-16,19,22,25H,5-9,12-13H2,1-4H3,(H,24,28)/t16-,19+,22+/m1/s1. The molecule has 3 rings (SSSR count). The first-order valence-corrected chi connectivity index (χ1v) is 12.9. The summed E-state index contributed by atoms with van der Waals surface area (Å²) in [5.74, 6) is -0.0347. The Morgan fingerprint density at radius 2 is 1.90 bits per heavy atom. The highest BCUT2D eigenvalue weighted by atomic mass is 32.2. The van der Waals surface area contributed by atoms with Gasteiger partial charge in [-0.25, -0.2) is 8.42 Å². The molecule has 8 heteroatoms. The summed E-state index contributed by atoms with van der Waals surface area (Å²) in [6, 6.07) is 4.08. The number of hydrogen-bond acceptors (Lipinski definition) is 4. The van der Waals surface area contributed by atoms with Crippen LogP contribution in [0.3, 0.4) is 0 Å². The summed E-state index contributed by atoms with van der Waals surface area (Å²) < 4.78 is 28.8. The number of carbonyl (C=O) groups is 2. The molecule has 172 valence electrons. The Balaban J connectivity index is 1.76. The molecule has 0 aromatic heterocycles. The van der Waals surface area contributed by atoms with Crippen molar-refractivity contribution in [3.63, 3.8) is 0 Å². The number of amides is 2. The van der Waals surface area contributed by atoms with E-state index in [2.05, 4.69) is 17.0 Å². The highest BCUT2D eigenvalue weighted by Gasteiger charge is 2.32. The molecule has 0 saturated heterocycles. The van der Waals surface area contributed by atoms with Crippen molar-refractivity contribution in [2.75, 3.05) is 11.4 Å². The summed E-state index contributed by atoms with van der Waals surface area (Å²) in [4.78, 5) is 26.9. The van der Waals surface area contributed by atoms with Crippen molar-refractivity contribution in [2.45, 2.75) is 83.2 Å². The second kappa shape index (κ2) is 9.69. The zero-order valence-corrected chi connectivity index (χ0v) is 19.8. The Labute approximate surface area is 186 Å². The lowest BCUT2D eigenvalue weighted by atomic mass is 9.85. The second-order valence-electron chi connectivity index (χ2n) is 9.16. The van der Waals surface area contributed by atoms with E-state index < -0.39 is 16.1 Å². The monoisotopic (exact) mass is 449 g/mol. The SMILES string of the molecule is CCC(=O)N1CCc2cc(S(=O)(=O)N[C@H](C(=O)N[C@H]3CCCC[C@H]3C)C(C)C)ccc21. The molecule has 1 fully saturated rings. The summed E-state index contributed by atoms with van der Waals surface area (Å²) in [7, 11) is -3.88. The molecule has 3 atom stereocenters. The van der Waals surface area contributed by atoms with Crippen LogP contribution in [-0.4, -0.2) is 38.9 Å². The molecule has 2 aliphatic rings. The van der Waals surface area contributed by atoms with Crippen molar-refractivity contribution in [1.29, 1.82) is 0 Å². The Kier molecular flexibility index (Phi) is 7.42. The smallest absolute Gasteiger partial charge is 0.241 e. The first kappa shape index (κ1) is 23.7. The number of sulfonamides is 1. The van der Waals surface area contributed by atoms with Gasteiger partial charge in [-0.15, -0.1) is 0 Å². The van der Waals surface area contributed by atoms with Crippen molar-refractivity contribution >= 4 is 27.5 Å². The lowest BCUT2D eigenvalue weighted by Crippen LogP contribution is -2.53. The summed E-state index contributed by atoms with van der Waals surface area (Å²) >= 11 is 0. The third kappa shape index (κ3) is 5.29. The summed E-state index contributed by atoms with van der Waals surface area (Å²) in [6.07, 6.45) is 5.30. The minimum absolute atomic E-state index is 0.0287. The molecule has 0 unspecified atom stereocenters. The maximum Gasteiger partial charge on any atom is 0.241 e. The molecule has 1 aliphatic heterocycles. The van der Waals surface area contributed by atoms with Crippen LogP contribution in [0.5, 0.6) is 0 Å². The van der Waals surface area contributed by atoms with E-state index in [9.17, 15) is 18.0 Å². The predicted octanol–water partition coefficient (Wildman–Crippen LogP) is 2.98. The second-order valence-corrected chi connectivity index (χ2v) is 10.9. The lowest BCUT2D eigenvalue weighted by Gasteiger charge is -2.32. The summed E-state index contributed by atoms with van der Waals surface area (Å²) in [5, 5.41) is 3.08. The Bertz CT molecular complexity index is 929. The van der Waals surface area contributed by atoms with Gasteiger partial charge in [-0.05, 0) is 54.9 Å². The van der Waals surface area contributed by atoms with Crippen LogP contribution in [0.25, 0.3) is 0 Å². The van der Waals surface area contributed by atoms with E-state index in [-0.39, 0.29) is 28.7 Å². The zero-order chi connectivity index (χ0) is 22.8. The van der Waals surface area contributed by atoms with Gasteiger partial charge < -0.3 is 10.2 Å². The third-order valence-electron chi connectivity index (χ3n) is 6.53. The van der Waals surface area contributed by atoms with Gasteiger partial charge in [0.1, 0.15) is 6.04 Å². The fourth-order valence-electron chi connectivity index (χ4n) is 4.53. The number of nitrogens with zero attached hydrogens (tertiary/aromatic N) is 1. The molecule has 7 nitrogen and oxygen atoms in total. The van der Waals surface area contributed by atoms with Crippen molar-refractivity contribution in [3.8, 4) is 0 Å². The van der Waals surface area contributed by atoms with E-state index in [0.29, 0.717) is 25.3 Å². The molecule has 0 bridgehead atoms. The number of rotatable bonds is 7. The Hall–Kier alpha value is -1.93. The molecule has 2 amide bonds. The molecule has 2 N–H and O–H groups in total. The quantitative estimate of drug-likeness (QED) is 0.669. The number of hydrogen-bond donors (Lipinski definition) is 2. The van der Waals surface area contributed by atoms with Gasteiger partial charge in [0.15, 0.2) is 0 Å². The van der Waals surface area contributed by atoms with Crippen molar-refractivity contribution < 1.29 is 18.0 Å². The van der Waals surface area contributed by atoms with Gasteiger partial charge in [0, 0.05) is 24.7 Å². The van der Waals surface area contributed by atoms with Crippen molar-refractivity contribution in [3.05, 3.63) is 23.8 Å². The van der Waals surface area contributed by atoms with Gasteiger partial charge in [-0.1, -0.05) is 40.5 Å². The molecule has 1 aromatic carbocycles. The fourth-order valence-corrected chi connectivity index (χ4v) is 5.92. The van der Waals surface area contributed by atoms with Crippen LogP contribution in [0.15, 0.2) is 23.1 Å². The molecule has 1 aromatic rings. The average molecular weight is 450 g/mol. The summed E-state index contributed by atoms with van der Waals surface area (Å²) in [5.41, 5.74) is 1.61. The van der Waals surface area contributed by atoms with Gasteiger partial charge in [0.05, 0.1) is 4.90 Å². The first-order valence-electron chi connectivity index (χ1n) is 11.4. The number of anilines is 1. The average Bonchev–Trinajstić information content (AvgIpc) is 3.16. The van der Waals surface area contributed by atoms with Gasteiger partial charge in [0.2, 0.25) is 21.8 Å². The van der Waals surface area contributed by atoms with Crippen LogP contribution in [0.1, 0.15) is 65.4 Å². The Morgan fingerprint density at radius 3 is 2.55 bits per heavy atom. The highest BCUT2D eigenvalue weighted by molar-refractivity contribution is 7.89. The highest BCUT2D eigenvalue weighted by Crippen LogP contribution is 2.31. The van der Waals surface area contributed by atoms with E-state index in [1.54, 1.807) is 17.0 Å². The van der Waals surface area contributed by atoms with Gasteiger partial charge in [0.25, 0.3) is 0 Å². The number of carbonyl (C=O) groups excluding carboxylic acids is 2. The molecule has 1 heterocycles. The lowest BCUT2D eigenvalue weighted by molar-refractivity contribution is -0.125. The maximum atomic E-state index is 13.1. The number of benzene rings is 1. The molecule has 1 saturated carbocycles. The van der Waals surface area contributed by atoms with Gasteiger partial charge >= 0.3 is 0 Å². The van der Waals surface area contributed by atoms with E-state index in [1.165, 1.54) is 12.5 Å². The largest absolute Gasteiger partial charge is 0.352 e. The minimum Gasteiger partial charge on any atom is -0.352 e. The van der Waals surface area contributed by atoms with Crippen LogP contribution in [0.4, 0.5) is 5.69 Å². The molecule has 0 spiro atoms. The zero-order valence-electron chi connectivity index (χ0n) is 19.0. The normalized spacial score (nSPS) is 22.3. The first-order chi connectivity index (χ1) is 14.6. The third-order valence-corrected chi connectivity index (χ3v) is 7.97. The topological polar surface area (TPSA) is 95.6 Å². The number of nitrogens with one attached hydrogen (secondary N) is 2. The van der Waals surface area contributed by atoms with E-state index >= 15 is 0 Å². The fraction of sp³-hybridized carbons (Fsp3) is 0.652. The van der Waals surface area contributed by atoms with Gasteiger partial charge in [-0.2, -0.15) is 4.72 Å². The van der Waals surface area contributed by atoms with E-state index in [0.717, 1.165) is 30.5 Å². The number of fused-ring (bicyclic) bond motifs is 1. The van der Waals surface area contributed by atoms with Crippen LogP contribution < -0.4 is 14.9 Å². The molecule has 1 aliphatic carbocycles. The van der Waals surface area contributed by atoms with E-state index in [4.69, 9.17) is 0 Å². The minimum atomic E-state index is -3.88. The van der Waals surface area contributed by atoms with Crippen LogP contribution in [-0.2, 0) is 26.0 Å². The molecular formula is C23H35N3O4S. The van der Waals surface area contributed by atoms with Crippen LogP contribution >= 0.6 is 0 Å². The summed E-state index contributed by atoms with van der Waals surface area (Å²) in [6.45, 7) is 8.20. The van der Waals surface area contributed by atoms with E-state index in [1.807, 2.05) is 20.8 Å². The molecule has 31 heavy (non-hydrogen) atoms.